The summed E-state index contributed by atoms with van der Waals surface area (Å²) in [6.07, 6.45) is 1.10. The number of sulfone groups is 1. The van der Waals surface area contributed by atoms with Crippen molar-refractivity contribution in [3.05, 3.63) is 65.5 Å². The zero-order valence-electron chi connectivity index (χ0n) is 13.2. The largest absolute Gasteiger partial charge is 0.224 e. The Kier molecular flexibility index (Phi) is 5.42. The van der Waals surface area contributed by atoms with E-state index in [1.807, 2.05) is 0 Å². The highest BCUT2D eigenvalue weighted by molar-refractivity contribution is 7.90. The zero-order chi connectivity index (χ0) is 18.0. The summed E-state index contributed by atoms with van der Waals surface area (Å²) in [6.45, 7) is 1.63. The van der Waals surface area contributed by atoms with E-state index in [1.165, 1.54) is 30.3 Å². The van der Waals surface area contributed by atoms with Gasteiger partial charge in [0.1, 0.15) is 5.82 Å². The maximum atomic E-state index is 13.6. The lowest BCUT2D eigenvalue weighted by Gasteiger charge is -2.15. The summed E-state index contributed by atoms with van der Waals surface area (Å²) >= 11 is 0. The quantitative estimate of drug-likeness (QED) is 0.846. The lowest BCUT2D eigenvalue weighted by Crippen LogP contribution is -2.28. The molecule has 24 heavy (non-hydrogen) atoms. The molecule has 5 nitrogen and oxygen atoms in total. The summed E-state index contributed by atoms with van der Waals surface area (Å²) in [7, 11) is -7.06. The van der Waals surface area contributed by atoms with Crippen LogP contribution in [0.1, 0.15) is 24.1 Å². The van der Waals surface area contributed by atoms with Gasteiger partial charge in [0.05, 0.1) is 10.6 Å². The van der Waals surface area contributed by atoms with Crippen molar-refractivity contribution in [2.75, 3.05) is 6.26 Å². The minimum atomic E-state index is -3.75. The molecule has 0 aliphatic carbocycles. The van der Waals surface area contributed by atoms with Crippen LogP contribution in [0, 0.1) is 5.82 Å². The second-order valence-electron chi connectivity index (χ2n) is 5.53. The minimum absolute atomic E-state index is 0.0876. The lowest BCUT2D eigenvalue weighted by atomic mass is 10.1. The number of benzene rings is 2. The van der Waals surface area contributed by atoms with E-state index < -0.39 is 37.5 Å². The van der Waals surface area contributed by atoms with E-state index in [0.717, 1.165) is 6.26 Å². The molecule has 1 unspecified atom stereocenters. The van der Waals surface area contributed by atoms with E-state index >= 15 is 0 Å². The Morgan fingerprint density at radius 2 is 1.58 bits per heavy atom. The average Bonchev–Trinajstić information content (AvgIpc) is 2.48. The van der Waals surface area contributed by atoms with Gasteiger partial charge in [0.25, 0.3) is 0 Å². The first-order chi connectivity index (χ1) is 11.1. The third-order valence-corrected chi connectivity index (χ3v) is 6.00. The van der Waals surface area contributed by atoms with Crippen molar-refractivity contribution in [1.82, 2.24) is 4.72 Å². The predicted octanol–water partition coefficient (Wildman–Crippen LogP) is 2.41. The molecule has 130 valence electrons. The summed E-state index contributed by atoms with van der Waals surface area (Å²) in [5, 5.41) is 0. The molecule has 0 fully saturated rings. The normalized spacial score (nSPS) is 13.6. The number of rotatable bonds is 6. The molecule has 0 saturated heterocycles. The molecule has 0 saturated carbocycles. The van der Waals surface area contributed by atoms with E-state index in [0.29, 0.717) is 5.56 Å². The van der Waals surface area contributed by atoms with Gasteiger partial charge in [-0.2, -0.15) is 0 Å². The Morgan fingerprint density at radius 3 is 2.12 bits per heavy atom. The number of sulfonamides is 1. The molecule has 0 aliphatic rings. The number of nitrogens with one attached hydrogen (secondary N) is 1. The van der Waals surface area contributed by atoms with Crippen LogP contribution in [-0.2, 0) is 25.6 Å². The van der Waals surface area contributed by atoms with E-state index in [-0.39, 0.29) is 10.5 Å². The summed E-state index contributed by atoms with van der Waals surface area (Å²) < 4.78 is 63.3. The standard InChI is InChI=1S/C16H18FNO4S2/c1-12(13-7-9-15(10-8-13)23(2,19)20)18-24(21,22)11-14-5-3-4-6-16(14)17/h3-10,12,18H,11H2,1-2H3. The smallest absolute Gasteiger partial charge is 0.216 e. The topological polar surface area (TPSA) is 80.3 Å². The van der Waals surface area contributed by atoms with E-state index in [1.54, 1.807) is 25.1 Å². The van der Waals surface area contributed by atoms with Gasteiger partial charge in [-0.15, -0.1) is 0 Å². The molecule has 8 heteroatoms. The molecule has 2 rings (SSSR count). The molecule has 0 bridgehead atoms. The van der Waals surface area contributed by atoms with Gasteiger partial charge in [0.15, 0.2) is 9.84 Å². The molecule has 1 atom stereocenters. The Balaban J connectivity index is 2.13. The molecular formula is C16H18FNO4S2. The van der Waals surface area contributed by atoms with E-state index in [4.69, 9.17) is 0 Å². The highest BCUT2D eigenvalue weighted by Gasteiger charge is 2.18. The van der Waals surface area contributed by atoms with Gasteiger partial charge in [-0.3, -0.25) is 0 Å². The second-order valence-corrected chi connectivity index (χ2v) is 9.30. The molecule has 0 heterocycles. The van der Waals surface area contributed by atoms with Crippen molar-refractivity contribution in [3.8, 4) is 0 Å². The maximum Gasteiger partial charge on any atom is 0.216 e. The van der Waals surface area contributed by atoms with Crippen molar-refractivity contribution in [3.63, 3.8) is 0 Å². The Hall–Kier alpha value is -1.77. The summed E-state index contributed by atoms with van der Waals surface area (Å²) in [5.41, 5.74) is 0.698. The third kappa shape index (κ3) is 4.86. The van der Waals surface area contributed by atoms with Gasteiger partial charge in [-0.1, -0.05) is 30.3 Å². The molecule has 0 aromatic heterocycles. The zero-order valence-corrected chi connectivity index (χ0v) is 14.9. The first-order valence-electron chi connectivity index (χ1n) is 7.12. The fraction of sp³-hybridized carbons (Fsp3) is 0.250. The third-order valence-electron chi connectivity index (χ3n) is 3.47. The van der Waals surface area contributed by atoms with Crippen LogP contribution in [-0.4, -0.2) is 23.1 Å². The van der Waals surface area contributed by atoms with Crippen molar-refractivity contribution in [2.45, 2.75) is 23.6 Å². The fourth-order valence-electron chi connectivity index (χ4n) is 2.20. The summed E-state index contributed by atoms with van der Waals surface area (Å²) in [4.78, 5) is 0.160. The van der Waals surface area contributed by atoms with Crippen molar-refractivity contribution >= 4 is 19.9 Å². The van der Waals surface area contributed by atoms with E-state index in [9.17, 15) is 21.2 Å². The van der Waals surface area contributed by atoms with Crippen LogP contribution in [0.3, 0.4) is 0 Å². The highest BCUT2D eigenvalue weighted by Crippen LogP contribution is 2.18. The summed E-state index contributed by atoms with van der Waals surface area (Å²) in [6, 6.07) is 11.1. The Labute approximate surface area is 141 Å². The lowest BCUT2D eigenvalue weighted by molar-refractivity contribution is 0.561. The molecule has 1 N–H and O–H groups in total. The molecule has 2 aromatic rings. The fourth-order valence-corrected chi connectivity index (χ4v) is 4.24. The Bertz CT molecular complexity index is 923. The van der Waals surface area contributed by atoms with Gasteiger partial charge in [0, 0.05) is 17.9 Å². The molecule has 0 aliphatic heterocycles. The van der Waals surface area contributed by atoms with Gasteiger partial charge in [0.2, 0.25) is 10.0 Å². The SMILES string of the molecule is CC(NS(=O)(=O)Cc1ccccc1F)c1ccc(S(C)(=O)=O)cc1. The number of halogens is 1. The first kappa shape index (κ1) is 18.6. The Morgan fingerprint density at radius 1 is 1.00 bits per heavy atom. The second kappa shape index (κ2) is 7.00. The molecule has 0 radical (unpaired) electrons. The van der Waals surface area contributed by atoms with Gasteiger partial charge >= 0.3 is 0 Å². The van der Waals surface area contributed by atoms with Crippen LogP contribution in [0.2, 0.25) is 0 Å². The minimum Gasteiger partial charge on any atom is -0.224 e. The van der Waals surface area contributed by atoms with Crippen molar-refractivity contribution < 1.29 is 21.2 Å². The molecular weight excluding hydrogens is 353 g/mol. The monoisotopic (exact) mass is 371 g/mol. The van der Waals surface area contributed by atoms with E-state index in [2.05, 4.69) is 4.72 Å². The van der Waals surface area contributed by atoms with Gasteiger partial charge in [-0.05, 0) is 30.7 Å². The van der Waals surface area contributed by atoms with Crippen LogP contribution in [0.15, 0.2) is 53.4 Å². The van der Waals surface area contributed by atoms with Gasteiger partial charge < -0.3 is 0 Å². The van der Waals surface area contributed by atoms with Gasteiger partial charge in [-0.25, -0.2) is 25.9 Å². The van der Waals surface area contributed by atoms with Crippen LogP contribution in [0.5, 0.6) is 0 Å². The molecule has 0 amide bonds. The summed E-state index contributed by atoms with van der Waals surface area (Å²) in [5.74, 6) is -1.04. The maximum absolute atomic E-state index is 13.6. The first-order valence-corrected chi connectivity index (χ1v) is 10.7. The molecule has 0 spiro atoms. The predicted molar refractivity (Wildman–Crippen MR) is 90.1 cm³/mol. The van der Waals surface area contributed by atoms with Crippen LogP contribution in [0.4, 0.5) is 4.39 Å². The molecule has 2 aromatic carbocycles. The van der Waals surface area contributed by atoms with Crippen LogP contribution in [0.25, 0.3) is 0 Å². The van der Waals surface area contributed by atoms with Crippen LogP contribution >= 0.6 is 0 Å². The van der Waals surface area contributed by atoms with Crippen molar-refractivity contribution in [2.24, 2.45) is 0 Å². The number of hydrogen-bond acceptors (Lipinski definition) is 4. The highest BCUT2D eigenvalue weighted by atomic mass is 32.2. The number of hydrogen-bond donors (Lipinski definition) is 1. The van der Waals surface area contributed by atoms with Crippen molar-refractivity contribution in [1.29, 1.82) is 0 Å². The average molecular weight is 371 g/mol. The van der Waals surface area contributed by atoms with Crippen LogP contribution < -0.4 is 4.72 Å².